The van der Waals surface area contributed by atoms with Crippen molar-refractivity contribution < 1.29 is 0 Å². The number of hydrogen-bond acceptors (Lipinski definition) is 2. The van der Waals surface area contributed by atoms with Gasteiger partial charge in [0.15, 0.2) is 0 Å². The van der Waals surface area contributed by atoms with E-state index in [9.17, 15) is 0 Å². The molecule has 0 aliphatic carbocycles. The summed E-state index contributed by atoms with van der Waals surface area (Å²) in [5.41, 5.74) is 4.56. The molecule has 0 spiro atoms. The van der Waals surface area contributed by atoms with Crippen LogP contribution < -0.4 is 5.32 Å². The van der Waals surface area contributed by atoms with Gasteiger partial charge < -0.3 is 5.32 Å². The number of nitrogens with zero attached hydrogens (tertiary/aromatic N) is 2. The van der Waals surface area contributed by atoms with Crippen LogP contribution in [-0.4, -0.2) is 16.3 Å². The molecule has 1 aromatic heterocycles. The van der Waals surface area contributed by atoms with Gasteiger partial charge in [0.2, 0.25) is 0 Å². The summed E-state index contributed by atoms with van der Waals surface area (Å²) in [5.74, 6) is 0.669. The molecular weight excluding hydrogens is 314 g/mol. The quantitative estimate of drug-likeness (QED) is 0.894. The highest BCUT2D eigenvalue weighted by Crippen LogP contribution is 2.22. The lowest BCUT2D eigenvalue weighted by Gasteiger charge is -2.11. The average Bonchev–Trinajstić information content (AvgIpc) is 2.70. The van der Waals surface area contributed by atoms with E-state index in [0.717, 1.165) is 34.6 Å². The smallest absolute Gasteiger partial charge is 0.0660 e. The summed E-state index contributed by atoms with van der Waals surface area (Å²) in [6, 6.07) is 8.50. The summed E-state index contributed by atoms with van der Waals surface area (Å²) < 4.78 is 3.10. The highest BCUT2D eigenvalue weighted by molar-refractivity contribution is 9.10. The van der Waals surface area contributed by atoms with Crippen molar-refractivity contribution in [1.29, 1.82) is 0 Å². The van der Waals surface area contributed by atoms with Crippen LogP contribution in [0, 0.1) is 19.8 Å². The van der Waals surface area contributed by atoms with E-state index >= 15 is 0 Å². The highest BCUT2D eigenvalue weighted by Gasteiger charge is 2.07. The Hall–Kier alpha value is -1.13. The van der Waals surface area contributed by atoms with Crippen molar-refractivity contribution in [3.8, 4) is 5.69 Å². The summed E-state index contributed by atoms with van der Waals surface area (Å²) in [6.45, 7) is 10.4. The molecule has 108 valence electrons. The van der Waals surface area contributed by atoms with Crippen LogP contribution in [0.15, 0.2) is 28.7 Å². The second-order valence-electron chi connectivity index (χ2n) is 5.64. The largest absolute Gasteiger partial charge is 0.312 e. The lowest BCUT2D eigenvalue weighted by Crippen LogP contribution is -2.19. The van der Waals surface area contributed by atoms with Crippen LogP contribution in [-0.2, 0) is 6.54 Å². The maximum atomic E-state index is 4.52. The SMILES string of the molecule is Cc1cc(C)n(-c2ccc(CNCC(C)C)c(Br)c2)n1. The lowest BCUT2D eigenvalue weighted by atomic mass is 10.2. The molecule has 0 radical (unpaired) electrons. The van der Waals surface area contributed by atoms with E-state index in [1.54, 1.807) is 0 Å². The van der Waals surface area contributed by atoms with E-state index in [1.807, 2.05) is 11.6 Å². The minimum absolute atomic E-state index is 0.669. The number of rotatable bonds is 5. The Labute approximate surface area is 129 Å². The zero-order chi connectivity index (χ0) is 14.7. The zero-order valence-electron chi connectivity index (χ0n) is 12.6. The topological polar surface area (TPSA) is 29.9 Å². The van der Waals surface area contributed by atoms with E-state index in [-0.39, 0.29) is 0 Å². The maximum Gasteiger partial charge on any atom is 0.0660 e. The first kappa shape index (κ1) is 15.3. The molecule has 0 unspecified atom stereocenters. The Morgan fingerprint density at radius 3 is 2.55 bits per heavy atom. The van der Waals surface area contributed by atoms with Crippen molar-refractivity contribution in [2.75, 3.05) is 6.54 Å². The first-order valence-corrected chi connectivity index (χ1v) is 7.79. The summed E-state index contributed by atoms with van der Waals surface area (Å²) in [6.07, 6.45) is 0. The molecule has 0 fully saturated rings. The predicted molar refractivity (Wildman–Crippen MR) is 87.3 cm³/mol. The second kappa shape index (κ2) is 6.55. The molecule has 0 atom stereocenters. The molecule has 2 rings (SSSR count). The van der Waals surface area contributed by atoms with E-state index in [2.05, 4.69) is 71.4 Å². The van der Waals surface area contributed by atoms with Gasteiger partial charge in [0.05, 0.1) is 11.4 Å². The van der Waals surface area contributed by atoms with Crippen LogP contribution in [0.1, 0.15) is 30.8 Å². The Balaban J connectivity index is 2.15. The highest BCUT2D eigenvalue weighted by atomic mass is 79.9. The number of benzene rings is 1. The van der Waals surface area contributed by atoms with Crippen molar-refractivity contribution in [1.82, 2.24) is 15.1 Å². The third kappa shape index (κ3) is 3.70. The van der Waals surface area contributed by atoms with E-state index in [1.165, 1.54) is 5.56 Å². The fourth-order valence-corrected chi connectivity index (χ4v) is 2.70. The van der Waals surface area contributed by atoms with Crippen LogP contribution in [0.4, 0.5) is 0 Å². The van der Waals surface area contributed by atoms with Crippen molar-refractivity contribution in [2.45, 2.75) is 34.2 Å². The fraction of sp³-hybridized carbons (Fsp3) is 0.438. The molecule has 4 heteroatoms. The van der Waals surface area contributed by atoms with Crippen molar-refractivity contribution in [3.63, 3.8) is 0 Å². The number of aromatic nitrogens is 2. The van der Waals surface area contributed by atoms with Crippen LogP contribution in [0.2, 0.25) is 0 Å². The van der Waals surface area contributed by atoms with Gasteiger partial charge in [-0.15, -0.1) is 0 Å². The molecule has 1 N–H and O–H groups in total. The Morgan fingerprint density at radius 1 is 1.25 bits per heavy atom. The van der Waals surface area contributed by atoms with Gasteiger partial charge in [-0.25, -0.2) is 4.68 Å². The number of aryl methyl sites for hydroxylation is 2. The third-order valence-corrected chi connectivity index (χ3v) is 3.90. The van der Waals surface area contributed by atoms with Gasteiger partial charge in [-0.1, -0.05) is 35.8 Å². The molecule has 0 aliphatic rings. The van der Waals surface area contributed by atoms with E-state index in [4.69, 9.17) is 0 Å². The van der Waals surface area contributed by atoms with E-state index < -0.39 is 0 Å². The normalized spacial score (nSPS) is 11.3. The Kier molecular flexibility index (Phi) is 5.00. The molecule has 0 aliphatic heterocycles. The number of halogens is 1. The Bertz CT molecular complexity index is 587. The summed E-state index contributed by atoms with van der Waals surface area (Å²) >= 11 is 3.66. The van der Waals surface area contributed by atoms with Gasteiger partial charge in [0.25, 0.3) is 0 Å². The average molecular weight is 336 g/mol. The van der Waals surface area contributed by atoms with Gasteiger partial charge >= 0.3 is 0 Å². The molecule has 1 heterocycles. The van der Waals surface area contributed by atoms with Crippen LogP contribution in [0.3, 0.4) is 0 Å². The van der Waals surface area contributed by atoms with Crippen molar-refractivity contribution in [3.05, 3.63) is 45.7 Å². The van der Waals surface area contributed by atoms with Gasteiger partial charge in [0.1, 0.15) is 0 Å². The summed E-state index contributed by atoms with van der Waals surface area (Å²) in [5, 5.41) is 7.98. The summed E-state index contributed by atoms with van der Waals surface area (Å²) in [4.78, 5) is 0. The third-order valence-electron chi connectivity index (χ3n) is 3.16. The van der Waals surface area contributed by atoms with Crippen LogP contribution in [0.25, 0.3) is 5.69 Å². The van der Waals surface area contributed by atoms with Gasteiger partial charge in [-0.05, 0) is 50.1 Å². The second-order valence-corrected chi connectivity index (χ2v) is 6.49. The molecule has 1 aromatic carbocycles. The molecule has 0 saturated heterocycles. The van der Waals surface area contributed by atoms with Gasteiger partial charge in [0, 0.05) is 16.7 Å². The molecular formula is C16H22BrN3. The summed E-state index contributed by atoms with van der Waals surface area (Å²) in [7, 11) is 0. The maximum absolute atomic E-state index is 4.52. The molecule has 0 bridgehead atoms. The van der Waals surface area contributed by atoms with E-state index in [0.29, 0.717) is 5.92 Å². The molecule has 2 aromatic rings. The minimum atomic E-state index is 0.669. The predicted octanol–water partition coefficient (Wildman–Crippen LogP) is 4.00. The van der Waals surface area contributed by atoms with Gasteiger partial charge in [-0.3, -0.25) is 0 Å². The van der Waals surface area contributed by atoms with Crippen molar-refractivity contribution >= 4 is 15.9 Å². The number of hydrogen-bond donors (Lipinski definition) is 1. The molecule has 0 saturated carbocycles. The van der Waals surface area contributed by atoms with Gasteiger partial charge in [-0.2, -0.15) is 5.10 Å². The molecule has 0 amide bonds. The number of nitrogens with one attached hydrogen (secondary N) is 1. The lowest BCUT2D eigenvalue weighted by molar-refractivity contribution is 0.552. The van der Waals surface area contributed by atoms with Crippen LogP contribution in [0.5, 0.6) is 0 Å². The minimum Gasteiger partial charge on any atom is -0.312 e. The molecule has 20 heavy (non-hydrogen) atoms. The van der Waals surface area contributed by atoms with Crippen LogP contribution >= 0.6 is 15.9 Å². The zero-order valence-corrected chi connectivity index (χ0v) is 14.2. The van der Waals surface area contributed by atoms with Crippen molar-refractivity contribution in [2.24, 2.45) is 5.92 Å². The fourth-order valence-electron chi connectivity index (χ4n) is 2.20. The monoisotopic (exact) mass is 335 g/mol. The first-order chi connectivity index (χ1) is 9.47. The first-order valence-electron chi connectivity index (χ1n) is 7.00. The molecule has 3 nitrogen and oxygen atoms in total. The standard InChI is InChI=1S/C16H22BrN3/c1-11(2)9-18-10-14-5-6-15(8-16(14)17)20-13(4)7-12(3)19-20/h5-8,11,18H,9-10H2,1-4H3. The Morgan fingerprint density at radius 2 is 2.00 bits per heavy atom.